The van der Waals surface area contributed by atoms with Crippen molar-refractivity contribution in [2.45, 2.75) is 4.90 Å². The van der Waals surface area contributed by atoms with Crippen molar-refractivity contribution in [2.75, 3.05) is 25.8 Å². The minimum absolute atomic E-state index is 0.0511. The van der Waals surface area contributed by atoms with Crippen molar-refractivity contribution in [2.24, 2.45) is 0 Å². The van der Waals surface area contributed by atoms with Crippen molar-refractivity contribution in [3.63, 3.8) is 0 Å². The number of nitrogens with one attached hydrogen (secondary N) is 1. The Morgan fingerprint density at radius 2 is 1.70 bits per heavy atom. The lowest BCUT2D eigenvalue weighted by molar-refractivity contribution is 0.102. The van der Waals surface area contributed by atoms with Gasteiger partial charge in [-0.2, -0.15) is 0 Å². The van der Waals surface area contributed by atoms with E-state index in [1.165, 1.54) is 26.4 Å². The standard InChI is InChI=1S/C16H17NO5S/c1-21-13-9-6-7-11(15(13)22-2)16(18)17-12-8-4-5-10-14(12)23(3,19)20/h4-10H,1-3H3,(H,17,18). The fraction of sp³-hybridized carbons (Fsp3) is 0.188. The molecule has 0 fully saturated rings. The highest BCUT2D eigenvalue weighted by Crippen LogP contribution is 2.31. The maximum atomic E-state index is 12.5. The fourth-order valence-electron chi connectivity index (χ4n) is 2.15. The normalized spacial score (nSPS) is 10.9. The summed E-state index contributed by atoms with van der Waals surface area (Å²) in [6, 6.07) is 11.1. The monoisotopic (exact) mass is 335 g/mol. The third-order valence-electron chi connectivity index (χ3n) is 3.18. The highest BCUT2D eigenvalue weighted by molar-refractivity contribution is 7.90. The summed E-state index contributed by atoms with van der Waals surface area (Å²) >= 11 is 0. The lowest BCUT2D eigenvalue weighted by Gasteiger charge is -2.14. The predicted molar refractivity (Wildman–Crippen MR) is 87.1 cm³/mol. The summed E-state index contributed by atoms with van der Waals surface area (Å²) in [5.41, 5.74) is 0.458. The van der Waals surface area contributed by atoms with Crippen LogP contribution in [0.5, 0.6) is 11.5 Å². The SMILES string of the molecule is COc1cccc(C(=O)Nc2ccccc2S(C)(=O)=O)c1OC. The molecule has 0 saturated heterocycles. The van der Waals surface area contributed by atoms with Gasteiger partial charge < -0.3 is 14.8 Å². The van der Waals surface area contributed by atoms with Crippen LogP contribution in [0.4, 0.5) is 5.69 Å². The first kappa shape index (κ1) is 16.8. The molecule has 23 heavy (non-hydrogen) atoms. The lowest BCUT2D eigenvalue weighted by Crippen LogP contribution is -2.15. The molecule has 0 aliphatic heterocycles. The molecule has 1 N–H and O–H groups in total. The van der Waals surface area contributed by atoms with E-state index < -0.39 is 15.7 Å². The Morgan fingerprint density at radius 1 is 1.00 bits per heavy atom. The zero-order valence-electron chi connectivity index (χ0n) is 13.0. The molecule has 0 radical (unpaired) electrons. The Labute approximate surface area is 135 Å². The first-order valence-corrected chi connectivity index (χ1v) is 8.59. The molecular weight excluding hydrogens is 318 g/mol. The van der Waals surface area contributed by atoms with Gasteiger partial charge in [0.05, 0.1) is 30.4 Å². The van der Waals surface area contributed by atoms with Crippen LogP contribution in [-0.2, 0) is 9.84 Å². The summed E-state index contributed by atoms with van der Waals surface area (Å²) < 4.78 is 34.0. The van der Waals surface area contributed by atoms with Gasteiger partial charge in [-0.25, -0.2) is 8.42 Å². The van der Waals surface area contributed by atoms with Gasteiger partial charge in [-0.05, 0) is 24.3 Å². The van der Waals surface area contributed by atoms with Crippen LogP contribution in [0.1, 0.15) is 10.4 Å². The van der Waals surface area contributed by atoms with Crippen LogP contribution < -0.4 is 14.8 Å². The Balaban J connectivity index is 2.42. The van der Waals surface area contributed by atoms with E-state index in [4.69, 9.17) is 9.47 Å². The number of hydrogen-bond acceptors (Lipinski definition) is 5. The summed E-state index contributed by atoms with van der Waals surface area (Å²) in [5.74, 6) is 0.206. The van der Waals surface area contributed by atoms with Gasteiger partial charge in [0.1, 0.15) is 0 Å². The smallest absolute Gasteiger partial charge is 0.259 e. The zero-order valence-corrected chi connectivity index (χ0v) is 13.8. The summed E-state index contributed by atoms with van der Waals surface area (Å²) in [5, 5.41) is 2.61. The summed E-state index contributed by atoms with van der Waals surface area (Å²) in [4.78, 5) is 12.6. The van der Waals surface area contributed by atoms with Crippen molar-refractivity contribution in [3.8, 4) is 11.5 Å². The highest BCUT2D eigenvalue weighted by atomic mass is 32.2. The molecule has 0 spiro atoms. The molecule has 0 heterocycles. The average molecular weight is 335 g/mol. The Morgan fingerprint density at radius 3 is 2.30 bits per heavy atom. The number of methoxy groups -OCH3 is 2. The molecule has 2 rings (SSSR count). The molecular formula is C16H17NO5S. The number of sulfone groups is 1. The van der Waals surface area contributed by atoms with Gasteiger partial charge in [0.15, 0.2) is 21.3 Å². The average Bonchev–Trinajstić information content (AvgIpc) is 2.53. The van der Waals surface area contributed by atoms with Gasteiger partial charge in [0.25, 0.3) is 5.91 Å². The first-order valence-electron chi connectivity index (χ1n) is 6.70. The predicted octanol–water partition coefficient (Wildman–Crippen LogP) is 2.36. The third-order valence-corrected chi connectivity index (χ3v) is 4.34. The number of carbonyl (C=O) groups excluding carboxylic acids is 1. The number of carbonyl (C=O) groups is 1. The van der Waals surface area contributed by atoms with Gasteiger partial charge in [0.2, 0.25) is 0 Å². The van der Waals surface area contributed by atoms with E-state index in [9.17, 15) is 13.2 Å². The Bertz CT molecular complexity index is 830. The Hall–Kier alpha value is -2.54. The van der Waals surface area contributed by atoms with Gasteiger partial charge in [-0.1, -0.05) is 18.2 Å². The van der Waals surface area contributed by atoms with E-state index in [1.807, 2.05) is 0 Å². The minimum atomic E-state index is -3.46. The van der Waals surface area contributed by atoms with Crippen molar-refractivity contribution in [1.29, 1.82) is 0 Å². The van der Waals surface area contributed by atoms with Crippen LogP contribution in [0.2, 0.25) is 0 Å². The number of rotatable bonds is 5. The van der Waals surface area contributed by atoms with Crippen molar-refractivity contribution < 1.29 is 22.7 Å². The number of hydrogen-bond donors (Lipinski definition) is 1. The molecule has 122 valence electrons. The fourth-order valence-corrected chi connectivity index (χ4v) is 2.99. The van der Waals surface area contributed by atoms with Crippen molar-refractivity contribution in [3.05, 3.63) is 48.0 Å². The van der Waals surface area contributed by atoms with Crippen LogP contribution in [0, 0.1) is 0 Å². The van der Waals surface area contributed by atoms with E-state index in [0.29, 0.717) is 5.75 Å². The molecule has 0 aliphatic carbocycles. The molecule has 6 nitrogen and oxygen atoms in total. The van der Waals surface area contributed by atoms with Gasteiger partial charge in [-0.15, -0.1) is 0 Å². The highest BCUT2D eigenvalue weighted by Gasteiger charge is 2.19. The second-order valence-electron chi connectivity index (χ2n) is 4.76. The van der Waals surface area contributed by atoms with E-state index in [2.05, 4.69) is 5.32 Å². The molecule has 2 aromatic carbocycles. The van der Waals surface area contributed by atoms with Gasteiger partial charge in [0, 0.05) is 6.26 Å². The van der Waals surface area contributed by atoms with E-state index in [0.717, 1.165) is 6.26 Å². The lowest BCUT2D eigenvalue weighted by atomic mass is 10.1. The number of amides is 1. The van der Waals surface area contributed by atoms with E-state index >= 15 is 0 Å². The molecule has 0 unspecified atom stereocenters. The summed E-state index contributed by atoms with van der Waals surface area (Å²) in [6.45, 7) is 0. The molecule has 0 aliphatic rings. The second kappa shape index (κ2) is 6.70. The summed E-state index contributed by atoms with van der Waals surface area (Å²) in [6.07, 6.45) is 1.09. The minimum Gasteiger partial charge on any atom is -0.493 e. The molecule has 1 amide bonds. The first-order chi connectivity index (χ1) is 10.9. The molecule has 7 heteroatoms. The quantitative estimate of drug-likeness (QED) is 0.907. The molecule has 0 atom stereocenters. The van der Waals surface area contributed by atoms with Crippen LogP contribution >= 0.6 is 0 Å². The molecule has 2 aromatic rings. The maximum absolute atomic E-state index is 12.5. The number of para-hydroxylation sites is 2. The zero-order chi connectivity index (χ0) is 17.0. The third kappa shape index (κ3) is 3.62. The maximum Gasteiger partial charge on any atom is 0.259 e. The van der Waals surface area contributed by atoms with Gasteiger partial charge >= 0.3 is 0 Å². The van der Waals surface area contributed by atoms with Crippen LogP contribution in [0.3, 0.4) is 0 Å². The van der Waals surface area contributed by atoms with E-state index in [1.54, 1.807) is 30.3 Å². The van der Waals surface area contributed by atoms with Crippen LogP contribution in [0.15, 0.2) is 47.4 Å². The number of benzene rings is 2. The molecule has 0 aromatic heterocycles. The molecule has 0 bridgehead atoms. The number of ether oxygens (including phenoxy) is 2. The number of anilines is 1. The van der Waals surface area contributed by atoms with E-state index in [-0.39, 0.29) is 21.9 Å². The molecule has 0 saturated carbocycles. The largest absolute Gasteiger partial charge is 0.493 e. The topological polar surface area (TPSA) is 81.7 Å². The van der Waals surface area contributed by atoms with Gasteiger partial charge in [-0.3, -0.25) is 4.79 Å². The van der Waals surface area contributed by atoms with Crippen LogP contribution in [0.25, 0.3) is 0 Å². The Kier molecular flexibility index (Phi) is 4.90. The van der Waals surface area contributed by atoms with Crippen LogP contribution in [-0.4, -0.2) is 34.8 Å². The van der Waals surface area contributed by atoms with Crippen molar-refractivity contribution >= 4 is 21.4 Å². The summed E-state index contributed by atoms with van der Waals surface area (Å²) in [7, 11) is -0.560. The van der Waals surface area contributed by atoms with Crippen molar-refractivity contribution in [1.82, 2.24) is 0 Å². The second-order valence-corrected chi connectivity index (χ2v) is 6.75.